The van der Waals surface area contributed by atoms with Gasteiger partial charge in [0, 0.05) is 0 Å². The molecule has 2 heterocycles. The molecular formula is C9H2F10N4. The smallest absolute Gasteiger partial charge is 0.242 e. The summed E-state index contributed by atoms with van der Waals surface area (Å²) < 4.78 is 127. The maximum atomic E-state index is 13.7. The molecule has 2 aromatic rings. The first-order valence-corrected chi connectivity index (χ1v) is 5.29. The number of hydrogen-bond donors (Lipinski definition) is 0. The molecular weight excluding hydrogens is 354 g/mol. The van der Waals surface area contributed by atoms with Gasteiger partial charge < -0.3 is 0 Å². The van der Waals surface area contributed by atoms with Gasteiger partial charge in [-0.05, 0) is 0 Å². The first kappa shape index (κ1) is 17.2. The predicted molar refractivity (Wildman–Crippen MR) is 51.4 cm³/mol. The molecule has 0 unspecified atom stereocenters. The number of rotatable bonds is 3. The van der Waals surface area contributed by atoms with Crippen molar-refractivity contribution in [2.75, 3.05) is 0 Å². The molecule has 0 amide bonds. The topological polar surface area (TPSA) is 43.6 Å². The van der Waals surface area contributed by atoms with Crippen molar-refractivity contribution in [2.45, 2.75) is 24.1 Å². The van der Waals surface area contributed by atoms with Crippen molar-refractivity contribution in [3.05, 3.63) is 18.6 Å². The molecule has 2 aromatic heterocycles. The van der Waals surface area contributed by atoms with Crippen LogP contribution in [0.3, 0.4) is 0 Å². The van der Waals surface area contributed by atoms with Crippen LogP contribution in [0.4, 0.5) is 43.9 Å². The third-order valence-electron chi connectivity index (χ3n) is 2.69. The highest BCUT2D eigenvalue weighted by Gasteiger charge is 2.83. The summed E-state index contributed by atoms with van der Waals surface area (Å²) >= 11 is 0. The summed E-state index contributed by atoms with van der Waals surface area (Å²) in [6, 6.07) is -6.33. The highest BCUT2D eigenvalue weighted by molar-refractivity contribution is 5.69. The molecule has 4 nitrogen and oxygen atoms in total. The van der Waals surface area contributed by atoms with Crippen LogP contribution in [0.25, 0.3) is 11.2 Å². The number of fused-ring (bicyclic) bond motifs is 1. The first-order valence-electron chi connectivity index (χ1n) is 5.29. The maximum absolute atomic E-state index is 13.7. The van der Waals surface area contributed by atoms with E-state index in [2.05, 4.69) is 15.0 Å². The number of alkyl halides is 9. The van der Waals surface area contributed by atoms with Crippen molar-refractivity contribution in [3.8, 4) is 0 Å². The van der Waals surface area contributed by atoms with Gasteiger partial charge in [0.15, 0.2) is 5.65 Å². The Labute approximate surface area is 118 Å². The lowest BCUT2D eigenvalue weighted by atomic mass is 10.1. The summed E-state index contributed by atoms with van der Waals surface area (Å²) in [5.41, 5.74) is -2.24. The van der Waals surface area contributed by atoms with Crippen LogP contribution in [-0.2, 0) is 6.05 Å². The van der Waals surface area contributed by atoms with Gasteiger partial charge >= 0.3 is 24.1 Å². The van der Waals surface area contributed by atoms with Crippen LogP contribution in [0.2, 0.25) is 0 Å². The van der Waals surface area contributed by atoms with Crippen LogP contribution in [0.5, 0.6) is 0 Å². The van der Waals surface area contributed by atoms with E-state index < -0.39 is 45.9 Å². The van der Waals surface area contributed by atoms with Crippen LogP contribution >= 0.6 is 0 Å². The van der Waals surface area contributed by atoms with Crippen LogP contribution in [0, 0.1) is 6.08 Å². The molecule has 0 spiro atoms. The second kappa shape index (κ2) is 4.67. The molecule has 0 saturated heterocycles. The molecule has 0 aromatic carbocycles. The Hall–Kier alpha value is -2.15. The average Bonchev–Trinajstić information content (AvgIpc) is 2.73. The van der Waals surface area contributed by atoms with Gasteiger partial charge in [-0.15, -0.1) is 0 Å². The van der Waals surface area contributed by atoms with E-state index in [1.807, 2.05) is 0 Å². The largest absolute Gasteiger partial charge is 0.460 e. The molecule has 23 heavy (non-hydrogen) atoms. The Kier molecular flexibility index (Phi) is 3.50. The van der Waals surface area contributed by atoms with E-state index >= 15 is 0 Å². The molecule has 0 radical (unpaired) electrons. The van der Waals surface area contributed by atoms with Crippen LogP contribution in [-0.4, -0.2) is 37.5 Å². The molecule has 2 rings (SSSR count). The molecule has 0 N–H and O–H groups in total. The van der Waals surface area contributed by atoms with Crippen LogP contribution in [0.1, 0.15) is 0 Å². The van der Waals surface area contributed by atoms with Crippen molar-refractivity contribution < 1.29 is 43.9 Å². The average molecular weight is 356 g/mol. The van der Waals surface area contributed by atoms with Gasteiger partial charge in [0.2, 0.25) is 0 Å². The fourth-order valence-corrected chi connectivity index (χ4v) is 1.56. The van der Waals surface area contributed by atoms with Crippen molar-refractivity contribution in [2.24, 2.45) is 0 Å². The number of imidazole rings is 1. The molecule has 0 fully saturated rings. The molecule has 0 atom stereocenters. The molecule has 128 valence electrons. The minimum atomic E-state index is -7.15. The predicted octanol–water partition coefficient (Wildman–Crippen LogP) is 3.35. The monoisotopic (exact) mass is 356 g/mol. The fraction of sp³-hybridized carbons (Fsp3) is 0.444. The molecule has 14 heteroatoms. The van der Waals surface area contributed by atoms with Gasteiger partial charge in [-0.3, -0.25) is 0 Å². The summed E-state index contributed by atoms with van der Waals surface area (Å²) in [6.07, 6.45) is -8.43. The summed E-state index contributed by atoms with van der Waals surface area (Å²) in [5, 5.41) is 0. The lowest BCUT2D eigenvalue weighted by molar-refractivity contribution is -0.413. The number of aromatic nitrogens is 4. The molecule has 0 bridgehead atoms. The zero-order valence-corrected chi connectivity index (χ0v) is 10.2. The van der Waals surface area contributed by atoms with E-state index in [9.17, 15) is 43.9 Å². The molecule has 0 aliphatic rings. The second-order valence-electron chi connectivity index (χ2n) is 4.14. The van der Waals surface area contributed by atoms with Crippen LogP contribution in [0.15, 0.2) is 12.5 Å². The van der Waals surface area contributed by atoms with Crippen molar-refractivity contribution in [3.63, 3.8) is 0 Å². The Morgan fingerprint density at radius 1 is 0.870 bits per heavy atom. The Balaban J connectivity index is 2.71. The maximum Gasteiger partial charge on any atom is 0.460 e. The van der Waals surface area contributed by atoms with Crippen molar-refractivity contribution in [1.82, 2.24) is 19.5 Å². The Morgan fingerprint density at radius 3 is 1.96 bits per heavy atom. The number of nitrogens with zero attached hydrogens (tertiary/aromatic N) is 4. The van der Waals surface area contributed by atoms with Gasteiger partial charge in [-0.2, -0.15) is 48.9 Å². The van der Waals surface area contributed by atoms with E-state index in [1.165, 1.54) is 0 Å². The molecule has 0 aliphatic heterocycles. The number of hydrogen-bond acceptors (Lipinski definition) is 3. The highest BCUT2D eigenvalue weighted by Crippen LogP contribution is 2.55. The minimum Gasteiger partial charge on any atom is -0.242 e. The highest BCUT2D eigenvalue weighted by atomic mass is 19.4. The standard InChI is InChI=1S/C9H2F10N4/c10-5-22-3-1-20-2-21-4(3)23(5)9(18,19)7(13,14)6(11,12)8(15,16)17/h1-2H. The zero-order chi connectivity index (χ0) is 17.8. The lowest BCUT2D eigenvalue weighted by Crippen LogP contribution is -2.61. The van der Waals surface area contributed by atoms with Crippen molar-refractivity contribution in [1.29, 1.82) is 0 Å². The summed E-state index contributed by atoms with van der Waals surface area (Å²) in [6.45, 7) is 0. The minimum absolute atomic E-state index is 0.454. The van der Waals surface area contributed by atoms with Gasteiger partial charge in [0.25, 0.3) is 6.08 Å². The third kappa shape index (κ3) is 2.18. The summed E-state index contributed by atoms with van der Waals surface area (Å²) in [5.74, 6) is -14.2. The summed E-state index contributed by atoms with van der Waals surface area (Å²) in [4.78, 5) is 8.79. The molecule has 0 aliphatic carbocycles. The van der Waals surface area contributed by atoms with Gasteiger partial charge in [0.1, 0.15) is 11.8 Å². The Morgan fingerprint density at radius 2 is 1.43 bits per heavy atom. The quantitative estimate of drug-likeness (QED) is 0.626. The van der Waals surface area contributed by atoms with E-state index in [0.717, 1.165) is 0 Å². The van der Waals surface area contributed by atoms with E-state index in [0.29, 0.717) is 12.5 Å². The van der Waals surface area contributed by atoms with E-state index in [4.69, 9.17) is 0 Å². The second-order valence-corrected chi connectivity index (χ2v) is 4.14. The molecule has 0 saturated carbocycles. The normalized spacial score (nSPS) is 14.5. The SMILES string of the molecule is Fc1nc2cncnc2n1C(F)(F)C(F)(F)C(F)(F)C(F)(F)F. The van der Waals surface area contributed by atoms with Crippen molar-refractivity contribution >= 4 is 11.2 Å². The van der Waals surface area contributed by atoms with Gasteiger partial charge in [0.05, 0.1) is 6.20 Å². The third-order valence-corrected chi connectivity index (χ3v) is 2.69. The van der Waals surface area contributed by atoms with Gasteiger partial charge in [-0.1, -0.05) is 0 Å². The van der Waals surface area contributed by atoms with Gasteiger partial charge in [-0.25, -0.2) is 14.5 Å². The first-order chi connectivity index (χ1) is 10.2. The fourth-order valence-electron chi connectivity index (χ4n) is 1.56. The zero-order valence-electron chi connectivity index (χ0n) is 10.2. The number of halogens is 10. The van der Waals surface area contributed by atoms with Crippen LogP contribution < -0.4 is 0 Å². The van der Waals surface area contributed by atoms with E-state index in [-0.39, 0.29) is 0 Å². The summed E-state index contributed by atoms with van der Waals surface area (Å²) in [7, 11) is 0. The lowest BCUT2D eigenvalue weighted by Gasteiger charge is -2.33. The Bertz CT molecular complexity index is 733. The van der Waals surface area contributed by atoms with E-state index in [1.54, 1.807) is 0 Å².